The van der Waals surface area contributed by atoms with Crippen LogP contribution in [0.5, 0.6) is 0 Å². The molecule has 4 rings (SSSR count). The number of aryl methyl sites for hydroxylation is 1. The van der Waals surface area contributed by atoms with Gasteiger partial charge in [0.15, 0.2) is 5.96 Å². The van der Waals surface area contributed by atoms with Crippen molar-refractivity contribution in [2.75, 3.05) is 19.7 Å². The third-order valence-corrected chi connectivity index (χ3v) is 6.05. The van der Waals surface area contributed by atoms with Gasteiger partial charge in [-0.1, -0.05) is 6.42 Å². The number of hydrogen-bond acceptors (Lipinski definition) is 3. The first kappa shape index (κ1) is 15.9. The zero-order valence-electron chi connectivity index (χ0n) is 14.6. The first-order chi connectivity index (χ1) is 11.8. The second kappa shape index (κ2) is 6.75. The number of guanidine groups is 1. The van der Waals surface area contributed by atoms with Crippen molar-refractivity contribution >= 4 is 5.96 Å². The fraction of sp³-hybridized carbons (Fsp3) is 0.778. The van der Waals surface area contributed by atoms with Crippen molar-refractivity contribution in [1.82, 2.24) is 20.4 Å². The van der Waals surface area contributed by atoms with E-state index in [1.807, 2.05) is 23.1 Å². The summed E-state index contributed by atoms with van der Waals surface area (Å²) in [7, 11) is 0. The Bertz CT molecular complexity index is 566. The zero-order chi connectivity index (χ0) is 16.4. The van der Waals surface area contributed by atoms with Gasteiger partial charge in [0.25, 0.3) is 0 Å². The molecule has 132 valence electrons. The maximum absolute atomic E-state index is 6.01. The van der Waals surface area contributed by atoms with Gasteiger partial charge < -0.3 is 15.4 Å². The van der Waals surface area contributed by atoms with Gasteiger partial charge >= 0.3 is 0 Å². The highest BCUT2D eigenvalue weighted by molar-refractivity contribution is 5.80. The average molecular weight is 331 g/mol. The van der Waals surface area contributed by atoms with E-state index in [0.717, 1.165) is 38.6 Å². The summed E-state index contributed by atoms with van der Waals surface area (Å²) < 4.78 is 7.98. The van der Waals surface area contributed by atoms with Crippen molar-refractivity contribution in [2.24, 2.45) is 16.3 Å². The van der Waals surface area contributed by atoms with Gasteiger partial charge in [0.2, 0.25) is 0 Å². The maximum atomic E-state index is 6.01. The van der Waals surface area contributed by atoms with E-state index in [2.05, 4.69) is 22.7 Å². The molecule has 0 aromatic carbocycles. The van der Waals surface area contributed by atoms with E-state index in [9.17, 15) is 0 Å². The van der Waals surface area contributed by atoms with Crippen molar-refractivity contribution in [3.8, 4) is 0 Å². The number of hydrogen-bond donors (Lipinski definition) is 2. The predicted octanol–water partition coefficient (Wildman–Crippen LogP) is 1.79. The van der Waals surface area contributed by atoms with Crippen LogP contribution in [0.3, 0.4) is 0 Å². The molecule has 0 amide bonds. The quantitative estimate of drug-likeness (QED) is 0.474. The van der Waals surface area contributed by atoms with Crippen molar-refractivity contribution in [3.05, 3.63) is 18.5 Å². The lowest BCUT2D eigenvalue weighted by molar-refractivity contribution is -0.171. The number of ether oxygens (including phenoxy) is 1. The molecule has 6 heteroatoms. The van der Waals surface area contributed by atoms with Crippen LogP contribution >= 0.6 is 0 Å². The molecule has 2 saturated carbocycles. The van der Waals surface area contributed by atoms with Gasteiger partial charge in [-0.3, -0.25) is 9.67 Å². The molecule has 1 aliphatic heterocycles. The molecule has 2 aliphatic carbocycles. The van der Waals surface area contributed by atoms with Gasteiger partial charge in [0, 0.05) is 56.0 Å². The normalized spacial score (nSPS) is 30.5. The van der Waals surface area contributed by atoms with E-state index in [0.29, 0.717) is 23.5 Å². The molecule has 2 heterocycles. The highest BCUT2D eigenvalue weighted by Gasteiger charge is 2.66. The van der Waals surface area contributed by atoms with Crippen LogP contribution in [0.25, 0.3) is 0 Å². The number of aromatic nitrogens is 2. The summed E-state index contributed by atoms with van der Waals surface area (Å²) in [5.41, 5.74) is 0.395. The Balaban J connectivity index is 1.33. The van der Waals surface area contributed by atoms with Gasteiger partial charge in [0.05, 0.1) is 6.10 Å². The molecule has 1 aromatic heterocycles. The lowest BCUT2D eigenvalue weighted by Crippen LogP contribution is -2.72. The Morgan fingerprint density at radius 1 is 1.46 bits per heavy atom. The van der Waals surface area contributed by atoms with Crippen molar-refractivity contribution in [1.29, 1.82) is 0 Å². The van der Waals surface area contributed by atoms with Crippen LogP contribution < -0.4 is 10.6 Å². The van der Waals surface area contributed by atoms with Gasteiger partial charge in [-0.15, -0.1) is 0 Å². The van der Waals surface area contributed by atoms with Crippen LogP contribution in [0.1, 0.15) is 39.0 Å². The van der Waals surface area contributed by atoms with E-state index in [1.165, 1.54) is 25.7 Å². The Morgan fingerprint density at radius 3 is 3.08 bits per heavy atom. The summed E-state index contributed by atoms with van der Waals surface area (Å²) in [4.78, 5) is 4.79. The highest BCUT2D eigenvalue weighted by atomic mass is 16.5. The lowest BCUT2D eigenvalue weighted by Gasteiger charge is -2.63. The standard InChI is InChI=1S/C18H29N5O/c1-2-19-17(20-9-4-11-23-12-5-10-21-23)22-15-14-6-13-24-16(14)18(15)7-3-8-18/h5,10,12,14-16H,2-4,6-9,11,13H2,1H3,(H2,19,20,22). The van der Waals surface area contributed by atoms with Gasteiger partial charge in [0.1, 0.15) is 0 Å². The molecule has 1 spiro atoms. The fourth-order valence-electron chi connectivity index (χ4n) is 4.78. The summed E-state index contributed by atoms with van der Waals surface area (Å²) in [5.74, 6) is 1.65. The third-order valence-electron chi connectivity index (χ3n) is 6.05. The SMILES string of the molecule is CCNC(=NCCCn1cccn1)NC1C2CCOC2C12CCC2. The van der Waals surface area contributed by atoms with Crippen LogP contribution in [0.4, 0.5) is 0 Å². The van der Waals surface area contributed by atoms with E-state index in [1.54, 1.807) is 0 Å². The minimum Gasteiger partial charge on any atom is -0.377 e. The summed E-state index contributed by atoms with van der Waals surface area (Å²) in [5, 5.41) is 11.4. The number of fused-ring (bicyclic) bond motifs is 2. The number of nitrogens with one attached hydrogen (secondary N) is 2. The summed E-state index contributed by atoms with van der Waals surface area (Å²) in [6.45, 7) is 5.70. The van der Waals surface area contributed by atoms with E-state index in [-0.39, 0.29) is 0 Å². The van der Waals surface area contributed by atoms with Crippen LogP contribution in [0, 0.1) is 11.3 Å². The smallest absolute Gasteiger partial charge is 0.191 e. The first-order valence-corrected chi connectivity index (χ1v) is 9.47. The molecule has 6 nitrogen and oxygen atoms in total. The molecule has 0 bridgehead atoms. The van der Waals surface area contributed by atoms with Gasteiger partial charge in [-0.05, 0) is 38.7 Å². The molecule has 0 radical (unpaired) electrons. The first-order valence-electron chi connectivity index (χ1n) is 9.47. The van der Waals surface area contributed by atoms with Crippen molar-refractivity contribution < 1.29 is 4.74 Å². The molecular weight excluding hydrogens is 302 g/mol. The Morgan fingerprint density at radius 2 is 2.38 bits per heavy atom. The Kier molecular flexibility index (Phi) is 4.48. The van der Waals surface area contributed by atoms with Crippen LogP contribution in [-0.4, -0.2) is 47.6 Å². The predicted molar refractivity (Wildman–Crippen MR) is 93.9 cm³/mol. The maximum Gasteiger partial charge on any atom is 0.191 e. The molecule has 3 fully saturated rings. The minimum absolute atomic E-state index is 0.395. The second-order valence-corrected chi connectivity index (χ2v) is 7.34. The molecule has 1 aromatic rings. The lowest BCUT2D eigenvalue weighted by atomic mass is 9.46. The fourth-order valence-corrected chi connectivity index (χ4v) is 4.78. The summed E-state index contributed by atoms with van der Waals surface area (Å²) in [6, 6.07) is 2.51. The number of nitrogens with zero attached hydrogens (tertiary/aromatic N) is 3. The largest absolute Gasteiger partial charge is 0.377 e. The number of rotatable bonds is 6. The van der Waals surface area contributed by atoms with E-state index < -0.39 is 0 Å². The Labute approximate surface area is 144 Å². The molecule has 3 unspecified atom stereocenters. The summed E-state index contributed by atoms with van der Waals surface area (Å²) in [6.07, 6.45) is 10.5. The molecule has 3 atom stereocenters. The minimum atomic E-state index is 0.395. The van der Waals surface area contributed by atoms with E-state index >= 15 is 0 Å². The highest BCUT2D eigenvalue weighted by Crippen LogP contribution is 2.62. The van der Waals surface area contributed by atoms with E-state index in [4.69, 9.17) is 9.73 Å². The van der Waals surface area contributed by atoms with Crippen LogP contribution in [0.2, 0.25) is 0 Å². The molecule has 24 heavy (non-hydrogen) atoms. The average Bonchev–Trinajstić information content (AvgIpc) is 3.18. The molecular formula is C18H29N5O. The topological polar surface area (TPSA) is 63.5 Å². The van der Waals surface area contributed by atoms with Crippen LogP contribution in [-0.2, 0) is 11.3 Å². The third kappa shape index (κ3) is 2.70. The second-order valence-electron chi connectivity index (χ2n) is 7.34. The monoisotopic (exact) mass is 331 g/mol. The Hall–Kier alpha value is -1.56. The number of aliphatic imine (C=N–C) groups is 1. The zero-order valence-corrected chi connectivity index (χ0v) is 14.6. The molecule has 2 N–H and O–H groups in total. The van der Waals surface area contributed by atoms with Gasteiger partial charge in [-0.2, -0.15) is 5.10 Å². The summed E-state index contributed by atoms with van der Waals surface area (Å²) >= 11 is 0. The van der Waals surface area contributed by atoms with Crippen LogP contribution in [0.15, 0.2) is 23.5 Å². The molecule has 1 saturated heterocycles. The van der Waals surface area contributed by atoms with Crippen molar-refractivity contribution in [2.45, 2.75) is 57.7 Å². The molecule has 3 aliphatic rings. The van der Waals surface area contributed by atoms with Gasteiger partial charge in [-0.25, -0.2) is 0 Å². The van der Waals surface area contributed by atoms with Crippen molar-refractivity contribution in [3.63, 3.8) is 0 Å².